The van der Waals surface area contributed by atoms with Gasteiger partial charge in [0.15, 0.2) is 0 Å². The van der Waals surface area contributed by atoms with Gasteiger partial charge in [-0.2, -0.15) is 0 Å². The zero-order chi connectivity index (χ0) is 27.3. The standard InChI is InChI=1S/C39H28N2/c1-40-36-17-9-16-35(38(36)39-34-15-8-7-11-28(34)21-25-37(39)40)29-19-22-32(23-20-29)41(31-13-3-2-4-14-31)33-24-18-27-10-5-6-12-30(27)26-33/h2-26H,1H3. The van der Waals surface area contributed by atoms with Gasteiger partial charge in [-0.3, -0.25) is 0 Å². The van der Waals surface area contributed by atoms with Crippen molar-refractivity contribution < 1.29 is 0 Å². The molecule has 0 spiro atoms. The molecule has 2 heteroatoms. The maximum absolute atomic E-state index is 2.34. The molecule has 194 valence electrons. The van der Waals surface area contributed by atoms with Crippen LogP contribution < -0.4 is 4.90 Å². The number of benzene rings is 7. The summed E-state index contributed by atoms with van der Waals surface area (Å²) < 4.78 is 2.33. The zero-order valence-electron chi connectivity index (χ0n) is 22.8. The van der Waals surface area contributed by atoms with Crippen LogP contribution in [0.4, 0.5) is 17.1 Å². The number of nitrogens with zero attached hydrogens (tertiary/aromatic N) is 2. The topological polar surface area (TPSA) is 8.17 Å². The second-order valence-corrected chi connectivity index (χ2v) is 10.7. The first-order valence-corrected chi connectivity index (χ1v) is 14.1. The van der Waals surface area contributed by atoms with E-state index in [2.05, 4.69) is 168 Å². The van der Waals surface area contributed by atoms with Crippen LogP contribution in [-0.4, -0.2) is 4.57 Å². The Morgan fingerprint density at radius 3 is 1.90 bits per heavy atom. The van der Waals surface area contributed by atoms with Crippen molar-refractivity contribution in [1.29, 1.82) is 0 Å². The highest BCUT2D eigenvalue weighted by Crippen LogP contribution is 2.41. The van der Waals surface area contributed by atoms with Crippen LogP contribution in [0, 0.1) is 0 Å². The highest BCUT2D eigenvalue weighted by atomic mass is 15.1. The summed E-state index contributed by atoms with van der Waals surface area (Å²) in [6.07, 6.45) is 0. The molecule has 0 amide bonds. The predicted octanol–water partition coefficient (Wildman–Crippen LogP) is 10.8. The first kappa shape index (κ1) is 23.5. The summed E-state index contributed by atoms with van der Waals surface area (Å²) >= 11 is 0. The molecule has 1 heterocycles. The molecule has 0 atom stereocenters. The van der Waals surface area contributed by atoms with E-state index in [-0.39, 0.29) is 0 Å². The number of anilines is 3. The predicted molar refractivity (Wildman–Crippen MR) is 176 cm³/mol. The second kappa shape index (κ2) is 9.39. The fourth-order valence-electron chi connectivity index (χ4n) is 6.39. The van der Waals surface area contributed by atoms with Gasteiger partial charge in [-0.05, 0) is 81.2 Å². The molecule has 0 aliphatic carbocycles. The van der Waals surface area contributed by atoms with E-state index in [1.165, 1.54) is 54.5 Å². The Morgan fingerprint density at radius 2 is 1.07 bits per heavy atom. The van der Waals surface area contributed by atoms with E-state index in [1.807, 2.05) is 0 Å². The summed E-state index contributed by atoms with van der Waals surface area (Å²) in [5, 5.41) is 7.68. The average Bonchev–Trinajstić information content (AvgIpc) is 3.34. The number of rotatable bonds is 4. The van der Waals surface area contributed by atoms with Crippen LogP contribution in [0.2, 0.25) is 0 Å². The van der Waals surface area contributed by atoms with Crippen molar-refractivity contribution in [3.05, 3.63) is 152 Å². The van der Waals surface area contributed by atoms with Crippen LogP contribution >= 0.6 is 0 Å². The molecule has 0 N–H and O–H groups in total. The zero-order valence-corrected chi connectivity index (χ0v) is 22.8. The molecular formula is C39H28N2. The molecule has 8 rings (SSSR count). The van der Waals surface area contributed by atoms with Crippen LogP contribution in [0.3, 0.4) is 0 Å². The SMILES string of the molecule is Cn1c2cccc(-c3ccc(N(c4ccccc4)c4ccc5ccccc5c4)cc3)c2c2c3ccccc3ccc21. The van der Waals surface area contributed by atoms with Gasteiger partial charge in [0.05, 0.1) is 0 Å². The van der Waals surface area contributed by atoms with E-state index < -0.39 is 0 Å². The Balaban J connectivity index is 1.30. The summed E-state index contributed by atoms with van der Waals surface area (Å²) in [6.45, 7) is 0. The molecule has 0 aliphatic heterocycles. The normalized spacial score (nSPS) is 11.5. The summed E-state index contributed by atoms with van der Waals surface area (Å²) in [5.41, 5.74) is 8.39. The van der Waals surface area contributed by atoms with Gasteiger partial charge in [-0.1, -0.05) is 103 Å². The van der Waals surface area contributed by atoms with Gasteiger partial charge in [0.1, 0.15) is 0 Å². The van der Waals surface area contributed by atoms with Crippen molar-refractivity contribution in [3.8, 4) is 11.1 Å². The lowest BCUT2D eigenvalue weighted by atomic mass is 9.96. The fourth-order valence-corrected chi connectivity index (χ4v) is 6.39. The lowest BCUT2D eigenvalue weighted by Crippen LogP contribution is -2.09. The number of aromatic nitrogens is 1. The van der Waals surface area contributed by atoms with Gasteiger partial charge < -0.3 is 9.47 Å². The number of hydrogen-bond acceptors (Lipinski definition) is 1. The maximum atomic E-state index is 2.34. The van der Waals surface area contributed by atoms with Gasteiger partial charge in [0, 0.05) is 45.9 Å². The van der Waals surface area contributed by atoms with E-state index in [4.69, 9.17) is 0 Å². The van der Waals surface area contributed by atoms with E-state index >= 15 is 0 Å². The molecule has 1 aromatic heterocycles. The molecule has 0 unspecified atom stereocenters. The summed E-state index contributed by atoms with van der Waals surface area (Å²) in [4.78, 5) is 2.34. The summed E-state index contributed by atoms with van der Waals surface area (Å²) in [6, 6.07) is 54.8. The van der Waals surface area contributed by atoms with Crippen LogP contribution in [0.1, 0.15) is 0 Å². The van der Waals surface area contributed by atoms with Crippen molar-refractivity contribution >= 4 is 60.4 Å². The van der Waals surface area contributed by atoms with Gasteiger partial charge in [-0.25, -0.2) is 0 Å². The largest absolute Gasteiger partial charge is 0.344 e. The molecule has 0 bridgehead atoms. The molecule has 8 aromatic rings. The third kappa shape index (κ3) is 3.80. The molecule has 0 saturated heterocycles. The fraction of sp³-hybridized carbons (Fsp3) is 0.0256. The van der Waals surface area contributed by atoms with Crippen LogP contribution in [-0.2, 0) is 7.05 Å². The second-order valence-electron chi connectivity index (χ2n) is 10.7. The quantitative estimate of drug-likeness (QED) is 0.222. The summed E-state index contributed by atoms with van der Waals surface area (Å²) in [7, 11) is 2.17. The van der Waals surface area contributed by atoms with Gasteiger partial charge >= 0.3 is 0 Å². The first-order chi connectivity index (χ1) is 20.3. The lowest BCUT2D eigenvalue weighted by molar-refractivity contribution is 1.01. The van der Waals surface area contributed by atoms with Crippen LogP contribution in [0.25, 0.3) is 54.5 Å². The number of fused-ring (bicyclic) bond motifs is 6. The Morgan fingerprint density at radius 1 is 0.439 bits per heavy atom. The van der Waals surface area contributed by atoms with Crippen molar-refractivity contribution in [2.75, 3.05) is 4.90 Å². The highest BCUT2D eigenvalue weighted by molar-refractivity contribution is 6.24. The van der Waals surface area contributed by atoms with E-state index in [0.717, 1.165) is 17.1 Å². The lowest BCUT2D eigenvalue weighted by Gasteiger charge is -2.26. The molecule has 0 radical (unpaired) electrons. The number of hydrogen-bond donors (Lipinski definition) is 0. The van der Waals surface area contributed by atoms with Gasteiger partial charge in [0.25, 0.3) is 0 Å². The molecule has 0 aliphatic rings. The molecule has 0 saturated carbocycles. The maximum Gasteiger partial charge on any atom is 0.0495 e. The Labute approximate surface area is 239 Å². The van der Waals surface area contributed by atoms with E-state index in [9.17, 15) is 0 Å². The molecule has 7 aromatic carbocycles. The minimum absolute atomic E-state index is 1.13. The van der Waals surface area contributed by atoms with Gasteiger partial charge in [0.2, 0.25) is 0 Å². The highest BCUT2D eigenvalue weighted by Gasteiger charge is 2.17. The third-order valence-electron chi connectivity index (χ3n) is 8.36. The van der Waals surface area contributed by atoms with Crippen molar-refractivity contribution in [3.63, 3.8) is 0 Å². The van der Waals surface area contributed by atoms with E-state index in [1.54, 1.807) is 0 Å². The number of aryl methyl sites for hydroxylation is 1. The van der Waals surface area contributed by atoms with Gasteiger partial charge in [-0.15, -0.1) is 0 Å². The van der Waals surface area contributed by atoms with Crippen LogP contribution in [0.5, 0.6) is 0 Å². The Hall–Kier alpha value is -5.34. The average molecular weight is 525 g/mol. The molecule has 41 heavy (non-hydrogen) atoms. The van der Waals surface area contributed by atoms with Crippen molar-refractivity contribution in [2.45, 2.75) is 0 Å². The molecule has 2 nitrogen and oxygen atoms in total. The van der Waals surface area contributed by atoms with Crippen molar-refractivity contribution in [1.82, 2.24) is 4.57 Å². The number of para-hydroxylation sites is 1. The van der Waals surface area contributed by atoms with E-state index in [0.29, 0.717) is 0 Å². The third-order valence-corrected chi connectivity index (χ3v) is 8.36. The minimum Gasteiger partial charge on any atom is -0.344 e. The molecular weight excluding hydrogens is 496 g/mol. The first-order valence-electron chi connectivity index (χ1n) is 14.1. The smallest absolute Gasteiger partial charge is 0.0495 e. The monoisotopic (exact) mass is 524 g/mol. The molecule has 0 fully saturated rings. The minimum atomic E-state index is 1.13. The Bertz CT molecular complexity index is 2210. The van der Waals surface area contributed by atoms with Crippen molar-refractivity contribution in [2.24, 2.45) is 7.05 Å². The summed E-state index contributed by atoms with van der Waals surface area (Å²) in [5.74, 6) is 0. The van der Waals surface area contributed by atoms with Crippen LogP contribution in [0.15, 0.2) is 152 Å². The Kier molecular flexibility index (Phi) is 5.39.